The van der Waals surface area contributed by atoms with Crippen LogP contribution in [0.5, 0.6) is 0 Å². The van der Waals surface area contributed by atoms with E-state index >= 15 is 0 Å². The van der Waals surface area contributed by atoms with Gasteiger partial charge in [0.2, 0.25) is 0 Å². The fraction of sp³-hybridized carbons (Fsp3) is 0.900. The molecule has 3 unspecified atom stereocenters. The summed E-state index contributed by atoms with van der Waals surface area (Å²) in [4.78, 5) is 10.8. The second-order valence-electron chi connectivity index (χ2n) is 5.15. The van der Waals surface area contributed by atoms with Crippen molar-refractivity contribution in [2.24, 2.45) is 5.41 Å². The molecule has 94 valence electrons. The van der Waals surface area contributed by atoms with Crippen molar-refractivity contribution in [3.63, 3.8) is 0 Å². The van der Waals surface area contributed by atoms with Crippen LogP contribution in [0.1, 0.15) is 20.8 Å². The lowest BCUT2D eigenvalue weighted by molar-refractivity contribution is -0.246. The summed E-state index contributed by atoms with van der Waals surface area (Å²) in [5, 5.41) is 37.5. The lowest BCUT2D eigenvalue weighted by Gasteiger charge is -2.44. The van der Waals surface area contributed by atoms with Crippen molar-refractivity contribution in [1.82, 2.24) is 0 Å². The molecule has 5 atom stereocenters. The Kier molecular flexibility index (Phi) is 3.59. The molecule has 1 saturated heterocycles. The summed E-state index contributed by atoms with van der Waals surface area (Å²) in [6.07, 6.45) is -6.79. The Hall–Kier alpha value is -0.690. The zero-order chi connectivity index (χ0) is 12.7. The van der Waals surface area contributed by atoms with Gasteiger partial charge in [0.25, 0.3) is 0 Å². The number of ether oxygens (including phenoxy) is 1. The van der Waals surface area contributed by atoms with Gasteiger partial charge in [0.1, 0.15) is 18.3 Å². The zero-order valence-corrected chi connectivity index (χ0v) is 9.49. The SMILES string of the molecule is CC(C)(C)[C@@H]1O[C@H](C(=O)O)C(O)C(O)C1O. The van der Waals surface area contributed by atoms with Crippen LogP contribution in [-0.2, 0) is 9.53 Å². The first kappa shape index (κ1) is 13.4. The molecule has 1 fully saturated rings. The van der Waals surface area contributed by atoms with Crippen molar-refractivity contribution in [3.8, 4) is 0 Å². The summed E-state index contributed by atoms with van der Waals surface area (Å²) in [6.45, 7) is 5.26. The molecule has 0 spiro atoms. The molecule has 0 amide bonds. The molecule has 6 heteroatoms. The lowest BCUT2D eigenvalue weighted by atomic mass is 9.80. The molecule has 16 heavy (non-hydrogen) atoms. The number of aliphatic hydroxyl groups is 3. The van der Waals surface area contributed by atoms with Gasteiger partial charge < -0.3 is 25.2 Å². The van der Waals surface area contributed by atoms with Crippen molar-refractivity contribution in [3.05, 3.63) is 0 Å². The number of aliphatic carboxylic acids is 1. The fourth-order valence-electron chi connectivity index (χ4n) is 1.80. The highest BCUT2D eigenvalue weighted by Crippen LogP contribution is 2.32. The van der Waals surface area contributed by atoms with E-state index in [1.807, 2.05) is 0 Å². The van der Waals surface area contributed by atoms with Crippen LogP contribution in [-0.4, -0.2) is 56.9 Å². The van der Waals surface area contributed by atoms with Crippen LogP contribution < -0.4 is 0 Å². The third-order valence-electron chi connectivity index (χ3n) is 2.71. The smallest absolute Gasteiger partial charge is 0.335 e. The predicted molar refractivity (Wildman–Crippen MR) is 53.8 cm³/mol. The Labute approximate surface area is 93.5 Å². The highest BCUT2D eigenvalue weighted by atomic mass is 16.6. The monoisotopic (exact) mass is 234 g/mol. The largest absolute Gasteiger partial charge is 0.479 e. The van der Waals surface area contributed by atoms with E-state index in [-0.39, 0.29) is 0 Å². The van der Waals surface area contributed by atoms with Crippen LogP contribution in [0.25, 0.3) is 0 Å². The lowest BCUT2D eigenvalue weighted by Crippen LogP contribution is -2.62. The van der Waals surface area contributed by atoms with Crippen molar-refractivity contribution in [2.75, 3.05) is 0 Å². The maximum absolute atomic E-state index is 10.8. The third kappa shape index (κ3) is 2.35. The molecule has 0 aromatic carbocycles. The molecule has 1 aliphatic heterocycles. The molecule has 6 nitrogen and oxygen atoms in total. The summed E-state index contributed by atoms with van der Waals surface area (Å²) < 4.78 is 5.15. The van der Waals surface area contributed by atoms with Gasteiger partial charge in [-0.05, 0) is 5.41 Å². The molecular formula is C10H18O6. The van der Waals surface area contributed by atoms with Gasteiger partial charge in [0.15, 0.2) is 6.10 Å². The standard InChI is InChI=1S/C10H18O6/c1-10(2,3)8-6(13)4(11)5(12)7(16-8)9(14)15/h4-8,11-13H,1-3H3,(H,14,15)/t4?,5?,6?,7-,8+/m0/s1. The molecule has 1 aliphatic rings. The van der Waals surface area contributed by atoms with E-state index in [9.17, 15) is 20.1 Å². The third-order valence-corrected chi connectivity index (χ3v) is 2.71. The second kappa shape index (κ2) is 4.29. The average molecular weight is 234 g/mol. The summed E-state index contributed by atoms with van der Waals surface area (Å²) in [7, 11) is 0. The number of hydrogen-bond donors (Lipinski definition) is 4. The number of carboxylic acid groups (broad SMARTS) is 1. The minimum atomic E-state index is -1.62. The van der Waals surface area contributed by atoms with Gasteiger partial charge >= 0.3 is 5.97 Å². The summed E-state index contributed by atoms with van der Waals surface area (Å²) in [6, 6.07) is 0. The van der Waals surface area contributed by atoms with E-state index in [1.165, 1.54) is 0 Å². The van der Waals surface area contributed by atoms with E-state index in [1.54, 1.807) is 20.8 Å². The highest BCUT2D eigenvalue weighted by molar-refractivity contribution is 5.73. The minimum Gasteiger partial charge on any atom is -0.479 e. The van der Waals surface area contributed by atoms with E-state index in [0.717, 1.165) is 0 Å². The first-order valence-corrected chi connectivity index (χ1v) is 5.08. The molecule has 0 aliphatic carbocycles. The number of aliphatic hydroxyl groups excluding tert-OH is 3. The zero-order valence-electron chi connectivity index (χ0n) is 9.49. The molecular weight excluding hydrogens is 216 g/mol. The molecule has 4 N–H and O–H groups in total. The maximum Gasteiger partial charge on any atom is 0.335 e. The second-order valence-corrected chi connectivity index (χ2v) is 5.15. The Bertz CT molecular complexity index is 271. The van der Waals surface area contributed by atoms with Crippen molar-refractivity contribution in [1.29, 1.82) is 0 Å². The number of carbonyl (C=O) groups is 1. The van der Waals surface area contributed by atoms with E-state index < -0.39 is 41.9 Å². The van der Waals surface area contributed by atoms with Crippen LogP contribution in [0.15, 0.2) is 0 Å². The molecule has 0 bridgehead atoms. The normalized spacial score (nSPS) is 40.8. The van der Waals surface area contributed by atoms with Crippen molar-refractivity contribution < 1.29 is 30.0 Å². The molecule has 1 heterocycles. The highest BCUT2D eigenvalue weighted by Gasteiger charge is 2.50. The summed E-state index contributed by atoms with van der Waals surface area (Å²) >= 11 is 0. The van der Waals surface area contributed by atoms with Gasteiger partial charge in [-0.2, -0.15) is 0 Å². The summed E-state index contributed by atoms with van der Waals surface area (Å²) in [5.41, 5.74) is -0.533. The molecule has 0 radical (unpaired) electrons. The molecule has 0 aromatic heterocycles. The first-order valence-electron chi connectivity index (χ1n) is 5.08. The van der Waals surface area contributed by atoms with E-state index in [2.05, 4.69) is 0 Å². The quantitative estimate of drug-likeness (QED) is 0.462. The van der Waals surface area contributed by atoms with Gasteiger partial charge in [0.05, 0.1) is 6.10 Å². The predicted octanol–water partition coefficient (Wildman–Crippen LogP) is -1.03. The Balaban J connectivity index is 2.94. The number of hydrogen-bond acceptors (Lipinski definition) is 5. The Morgan fingerprint density at radius 3 is 1.94 bits per heavy atom. The molecule has 0 aromatic rings. The van der Waals surface area contributed by atoms with E-state index in [4.69, 9.17) is 9.84 Å². The number of carboxylic acids is 1. The first-order chi connectivity index (χ1) is 7.16. The van der Waals surface area contributed by atoms with Gasteiger partial charge in [-0.25, -0.2) is 4.79 Å². The van der Waals surface area contributed by atoms with Gasteiger partial charge in [0, 0.05) is 0 Å². The van der Waals surface area contributed by atoms with Gasteiger partial charge in [-0.3, -0.25) is 0 Å². The summed E-state index contributed by atoms with van der Waals surface area (Å²) in [5.74, 6) is -1.35. The van der Waals surface area contributed by atoms with Crippen molar-refractivity contribution in [2.45, 2.75) is 51.3 Å². The van der Waals surface area contributed by atoms with Gasteiger partial charge in [-0.15, -0.1) is 0 Å². The molecule has 1 rings (SSSR count). The minimum absolute atomic E-state index is 0.533. The Morgan fingerprint density at radius 2 is 1.56 bits per heavy atom. The van der Waals surface area contributed by atoms with E-state index in [0.29, 0.717) is 0 Å². The van der Waals surface area contributed by atoms with Crippen molar-refractivity contribution >= 4 is 5.97 Å². The van der Waals surface area contributed by atoms with Crippen LogP contribution in [0.4, 0.5) is 0 Å². The van der Waals surface area contributed by atoms with Crippen LogP contribution >= 0.6 is 0 Å². The number of rotatable bonds is 1. The van der Waals surface area contributed by atoms with Crippen LogP contribution in [0.3, 0.4) is 0 Å². The Morgan fingerprint density at radius 1 is 1.06 bits per heavy atom. The average Bonchev–Trinajstić information content (AvgIpc) is 2.11. The fourth-order valence-corrected chi connectivity index (χ4v) is 1.80. The topological polar surface area (TPSA) is 107 Å². The maximum atomic E-state index is 10.8. The molecule has 0 saturated carbocycles. The van der Waals surface area contributed by atoms with Crippen LogP contribution in [0.2, 0.25) is 0 Å². The van der Waals surface area contributed by atoms with Crippen LogP contribution in [0, 0.1) is 5.41 Å². The van der Waals surface area contributed by atoms with Gasteiger partial charge in [-0.1, -0.05) is 20.8 Å².